The first-order valence-corrected chi connectivity index (χ1v) is 3.01. The number of methoxy groups -OCH3 is 2. The molecule has 0 amide bonds. The highest BCUT2D eigenvalue weighted by molar-refractivity contribution is 5.29. The highest BCUT2D eigenvalue weighted by Gasteiger charge is 2.03. The Bertz CT molecular complexity index is 252. The van der Waals surface area contributed by atoms with Gasteiger partial charge in [-0.05, 0) is 0 Å². The first-order chi connectivity index (χ1) is 5.27. The van der Waals surface area contributed by atoms with Crippen LogP contribution in [0.15, 0.2) is 12.3 Å². The number of aromatic nitrogens is 1. The van der Waals surface area contributed by atoms with Crippen molar-refractivity contribution in [2.75, 3.05) is 14.2 Å². The number of pyridine rings is 1. The Morgan fingerprint density at radius 1 is 1.36 bits per heavy atom. The van der Waals surface area contributed by atoms with E-state index in [0.29, 0.717) is 5.75 Å². The molecule has 11 heavy (non-hydrogen) atoms. The van der Waals surface area contributed by atoms with E-state index in [4.69, 9.17) is 4.74 Å². The monoisotopic (exact) mass is 156 g/mol. The number of nitrogens with zero attached hydrogens (tertiary/aromatic N) is 1. The highest BCUT2D eigenvalue weighted by atomic mass is 18.2. The molecule has 1 aromatic rings. The van der Waals surface area contributed by atoms with Gasteiger partial charge in [0.2, 0.25) is 0 Å². The Morgan fingerprint density at radius 3 is 2.64 bits per heavy atom. The summed E-state index contributed by atoms with van der Waals surface area (Å²) in [5, 5.41) is 0. The molecule has 0 spiro atoms. The maximum absolute atomic E-state index is 12.6. The molecule has 0 N–H and O–H groups in total. The molecule has 4 heteroatoms. The maximum atomic E-state index is 12.6. The van der Waals surface area contributed by atoms with Gasteiger partial charge in [0.05, 0.1) is 20.4 Å². The average molecular weight is 156 g/mol. The summed E-state index contributed by atoms with van der Waals surface area (Å²) in [4.78, 5) is 3.40. The van der Waals surface area contributed by atoms with Gasteiger partial charge in [0, 0.05) is 6.07 Å². The standard InChI is InChI=1S/C7H8FNO2/c1-10-5-3-6(11-2)7(8)9-4-5/h3-4H,1-2H3/i8-1. The fourth-order valence-corrected chi connectivity index (χ4v) is 0.665. The predicted octanol–water partition coefficient (Wildman–Crippen LogP) is 1.24. The third-order valence-corrected chi connectivity index (χ3v) is 1.24. The van der Waals surface area contributed by atoms with Crippen LogP contribution < -0.4 is 9.47 Å². The van der Waals surface area contributed by atoms with E-state index < -0.39 is 5.95 Å². The largest absolute Gasteiger partial charge is 0.495 e. The highest BCUT2D eigenvalue weighted by Crippen LogP contribution is 2.19. The summed E-state index contributed by atoms with van der Waals surface area (Å²) in [6.07, 6.45) is 1.29. The smallest absolute Gasteiger partial charge is 0.255 e. The second-order valence-electron chi connectivity index (χ2n) is 1.87. The molecule has 0 saturated heterocycles. The summed E-state index contributed by atoms with van der Waals surface area (Å²) in [5.41, 5.74) is 0. The zero-order valence-electron chi connectivity index (χ0n) is 6.30. The Balaban J connectivity index is 3.02. The number of ether oxygens (including phenoxy) is 2. The van der Waals surface area contributed by atoms with Gasteiger partial charge in [-0.2, -0.15) is 4.39 Å². The van der Waals surface area contributed by atoms with Gasteiger partial charge in [-0.1, -0.05) is 0 Å². The lowest BCUT2D eigenvalue weighted by Gasteiger charge is -2.02. The van der Waals surface area contributed by atoms with Crippen molar-refractivity contribution in [3.63, 3.8) is 0 Å². The van der Waals surface area contributed by atoms with E-state index in [1.807, 2.05) is 0 Å². The Hall–Kier alpha value is -1.32. The van der Waals surface area contributed by atoms with Gasteiger partial charge in [-0.15, -0.1) is 0 Å². The van der Waals surface area contributed by atoms with Crippen molar-refractivity contribution in [3.05, 3.63) is 18.2 Å². The number of rotatable bonds is 2. The van der Waals surface area contributed by atoms with Gasteiger partial charge in [0.1, 0.15) is 5.75 Å². The molecule has 0 aliphatic carbocycles. The molecular weight excluding hydrogens is 148 g/mol. The second-order valence-corrected chi connectivity index (χ2v) is 1.87. The summed E-state index contributed by atoms with van der Waals surface area (Å²) in [7, 11) is 2.86. The van der Waals surface area contributed by atoms with Gasteiger partial charge in [0.15, 0.2) is 5.75 Å². The van der Waals surface area contributed by atoms with Crippen LogP contribution >= 0.6 is 0 Å². The molecular formula is C7H8FNO2. The number of hydrogen-bond donors (Lipinski definition) is 0. The minimum atomic E-state index is -0.631. The van der Waals surface area contributed by atoms with E-state index in [1.54, 1.807) is 0 Å². The molecule has 1 heterocycles. The van der Waals surface area contributed by atoms with Crippen LogP contribution in [0.4, 0.5) is 4.39 Å². The van der Waals surface area contributed by atoms with Crippen molar-refractivity contribution in [2.45, 2.75) is 0 Å². The molecule has 1 aromatic heterocycles. The maximum Gasteiger partial charge on any atom is 0.255 e. The quantitative estimate of drug-likeness (QED) is 0.603. The van der Waals surface area contributed by atoms with Gasteiger partial charge < -0.3 is 9.47 Å². The molecule has 0 aliphatic rings. The van der Waals surface area contributed by atoms with E-state index in [0.717, 1.165) is 0 Å². The first kappa shape index (κ1) is 7.78. The Morgan fingerprint density at radius 2 is 2.09 bits per heavy atom. The molecule has 0 aliphatic heterocycles. The van der Waals surface area contributed by atoms with Crippen LogP contribution in [0.2, 0.25) is 0 Å². The third-order valence-electron chi connectivity index (χ3n) is 1.24. The lowest BCUT2D eigenvalue weighted by Crippen LogP contribution is -1.92. The van der Waals surface area contributed by atoms with E-state index in [2.05, 4.69) is 9.72 Å². The van der Waals surface area contributed by atoms with Crippen molar-refractivity contribution < 1.29 is 13.9 Å². The summed E-state index contributed by atoms with van der Waals surface area (Å²) in [6.45, 7) is 0. The van der Waals surface area contributed by atoms with Gasteiger partial charge in [0.25, 0.3) is 5.95 Å². The minimum Gasteiger partial charge on any atom is -0.495 e. The molecule has 3 nitrogen and oxygen atoms in total. The normalized spacial score (nSPS) is 9.36. The summed E-state index contributed by atoms with van der Waals surface area (Å²) in [5.74, 6) is -0.0686. The Kier molecular flexibility index (Phi) is 2.25. The van der Waals surface area contributed by atoms with Crippen LogP contribution in [0, 0.1) is 5.95 Å². The van der Waals surface area contributed by atoms with Crippen molar-refractivity contribution in [3.8, 4) is 11.5 Å². The SMILES string of the molecule is COc1cnc([18F])c(OC)c1. The summed E-state index contributed by atoms with van der Waals surface area (Å²) < 4.78 is 22.1. The molecule has 0 aromatic carbocycles. The van der Waals surface area contributed by atoms with Crippen LogP contribution in [0.1, 0.15) is 0 Å². The third kappa shape index (κ3) is 1.58. The van der Waals surface area contributed by atoms with Crippen LogP contribution in [-0.2, 0) is 0 Å². The molecule has 0 atom stereocenters. The molecule has 1 rings (SSSR count). The van der Waals surface area contributed by atoms with Crippen molar-refractivity contribution in [1.29, 1.82) is 0 Å². The molecule has 60 valence electrons. The lowest BCUT2D eigenvalue weighted by molar-refractivity contribution is 0.364. The van der Waals surface area contributed by atoms with Crippen LogP contribution in [0.5, 0.6) is 11.5 Å². The second kappa shape index (κ2) is 3.18. The molecule has 0 fully saturated rings. The van der Waals surface area contributed by atoms with E-state index in [9.17, 15) is 4.39 Å². The zero-order chi connectivity index (χ0) is 8.27. The summed E-state index contributed by atoms with van der Waals surface area (Å²) >= 11 is 0. The fraction of sp³-hybridized carbons (Fsp3) is 0.286. The zero-order valence-corrected chi connectivity index (χ0v) is 6.30. The van der Waals surface area contributed by atoms with Gasteiger partial charge in [-0.3, -0.25) is 0 Å². The predicted molar refractivity (Wildman–Crippen MR) is 37.3 cm³/mol. The van der Waals surface area contributed by atoms with E-state index in [-0.39, 0.29) is 5.75 Å². The lowest BCUT2D eigenvalue weighted by atomic mass is 10.4. The van der Waals surface area contributed by atoms with Gasteiger partial charge >= 0.3 is 0 Å². The van der Waals surface area contributed by atoms with Crippen LogP contribution in [0.3, 0.4) is 0 Å². The summed E-state index contributed by atoms with van der Waals surface area (Å²) in [6, 6.07) is 1.43. The van der Waals surface area contributed by atoms with E-state index in [1.165, 1.54) is 26.5 Å². The van der Waals surface area contributed by atoms with E-state index >= 15 is 0 Å². The van der Waals surface area contributed by atoms with Gasteiger partial charge in [-0.25, -0.2) is 4.98 Å². The van der Waals surface area contributed by atoms with Crippen molar-refractivity contribution >= 4 is 0 Å². The molecule has 0 unspecified atom stereocenters. The van der Waals surface area contributed by atoms with Crippen molar-refractivity contribution in [1.82, 2.24) is 4.98 Å². The number of halogens is 1. The van der Waals surface area contributed by atoms with Crippen molar-refractivity contribution in [2.24, 2.45) is 0 Å². The van der Waals surface area contributed by atoms with Crippen LogP contribution in [0.25, 0.3) is 0 Å². The molecule has 0 bridgehead atoms. The minimum absolute atomic E-state index is 0.0874. The molecule has 0 saturated carbocycles. The fourth-order valence-electron chi connectivity index (χ4n) is 0.665. The average Bonchev–Trinajstić information content (AvgIpc) is 2.05. The topological polar surface area (TPSA) is 31.4 Å². The number of hydrogen-bond acceptors (Lipinski definition) is 3. The van der Waals surface area contributed by atoms with Crippen LogP contribution in [-0.4, -0.2) is 19.2 Å². The Labute approximate surface area is 63.8 Å². The first-order valence-electron chi connectivity index (χ1n) is 3.01. The molecule has 0 radical (unpaired) electrons.